The molecule has 0 spiro atoms. The highest BCUT2D eigenvalue weighted by Crippen LogP contribution is 2.23. The van der Waals surface area contributed by atoms with Gasteiger partial charge in [0.1, 0.15) is 17.9 Å². The van der Waals surface area contributed by atoms with Gasteiger partial charge in [-0.3, -0.25) is 0 Å². The summed E-state index contributed by atoms with van der Waals surface area (Å²) < 4.78 is 13.3. The van der Waals surface area contributed by atoms with Gasteiger partial charge in [-0.15, -0.1) is 0 Å². The summed E-state index contributed by atoms with van der Waals surface area (Å²) >= 11 is 0. The molecule has 0 aliphatic rings. The van der Waals surface area contributed by atoms with Crippen LogP contribution in [-0.4, -0.2) is 11.4 Å². The molecule has 0 fully saturated rings. The number of phenols is 1. The third kappa shape index (κ3) is 2.05. The summed E-state index contributed by atoms with van der Waals surface area (Å²) in [5.41, 5.74) is 0.714. The van der Waals surface area contributed by atoms with Crippen LogP contribution in [0.1, 0.15) is 17.5 Å². The molecule has 0 heterocycles. The van der Waals surface area contributed by atoms with Crippen molar-refractivity contribution in [2.75, 3.05) is 0 Å². The SMILES string of the molecule is Cc1ccc(O)c(CCC=O)c1F. The number of phenolic OH excluding ortho intramolecular Hbond substituents is 1. The Kier molecular flexibility index (Phi) is 3.01. The Morgan fingerprint density at radius 2 is 2.23 bits per heavy atom. The molecule has 0 saturated heterocycles. The van der Waals surface area contributed by atoms with Crippen molar-refractivity contribution in [2.24, 2.45) is 0 Å². The molecule has 1 aromatic carbocycles. The average molecular weight is 182 g/mol. The number of rotatable bonds is 3. The maximum absolute atomic E-state index is 13.3. The standard InChI is InChI=1S/C10H11FO2/c1-7-4-5-9(13)8(10(7)11)3-2-6-12/h4-6,13H,2-3H2,1H3. The van der Waals surface area contributed by atoms with E-state index < -0.39 is 5.82 Å². The smallest absolute Gasteiger partial charge is 0.133 e. The highest BCUT2D eigenvalue weighted by Gasteiger charge is 2.09. The molecule has 1 rings (SSSR count). The van der Waals surface area contributed by atoms with E-state index in [0.29, 0.717) is 11.8 Å². The molecule has 70 valence electrons. The first-order valence-corrected chi connectivity index (χ1v) is 4.07. The van der Waals surface area contributed by atoms with Gasteiger partial charge < -0.3 is 9.90 Å². The second-order valence-electron chi connectivity index (χ2n) is 2.90. The molecule has 1 N–H and O–H groups in total. The van der Waals surface area contributed by atoms with Crippen molar-refractivity contribution in [3.05, 3.63) is 29.1 Å². The van der Waals surface area contributed by atoms with Crippen LogP contribution < -0.4 is 0 Å². The minimum atomic E-state index is -0.415. The zero-order chi connectivity index (χ0) is 9.84. The van der Waals surface area contributed by atoms with Gasteiger partial charge in [-0.05, 0) is 25.0 Å². The first-order valence-electron chi connectivity index (χ1n) is 4.07. The number of carbonyl (C=O) groups excluding carboxylic acids is 1. The molecular weight excluding hydrogens is 171 g/mol. The number of benzene rings is 1. The van der Waals surface area contributed by atoms with Crippen molar-refractivity contribution < 1.29 is 14.3 Å². The lowest BCUT2D eigenvalue weighted by Gasteiger charge is -2.05. The van der Waals surface area contributed by atoms with E-state index in [1.807, 2.05) is 0 Å². The summed E-state index contributed by atoms with van der Waals surface area (Å²) in [5.74, 6) is -0.494. The second-order valence-corrected chi connectivity index (χ2v) is 2.90. The van der Waals surface area contributed by atoms with Crippen molar-refractivity contribution in [2.45, 2.75) is 19.8 Å². The second kappa shape index (κ2) is 4.03. The molecule has 0 saturated carbocycles. The van der Waals surface area contributed by atoms with Crippen LogP contribution in [-0.2, 0) is 11.2 Å². The van der Waals surface area contributed by atoms with Gasteiger partial charge in [-0.1, -0.05) is 6.07 Å². The topological polar surface area (TPSA) is 37.3 Å². The first-order chi connectivity index (χ1) is 6.16. The number of hydrogen-bond acceptors (Lipinski definition) is 2. The fourth-order valence-electron chi connectivity index (χ4n) is 1.17. The molecule has 13 heavy (non-hydrogen) atoms. The fourth-order valence-corrected chi connectivity index (χ4v) is 1.17. The van der Waals surface area contributed by atoms with E-state index in [4.69, 9.17) is 0 Å². The number of aromatic hydroxyl groups is 1. The van der Waals surface area contributed by atoms with Crippen molar-refractivity contribution in [3.63, 3.8) is 0 Å². The van der Waals surface area contributed by atoms with E-state index in [-0.39, 0.29) is 24.2 Å². The molecule has 0 bridgehead atoms. The van der Waals surface area contributed by atoms with Gasteiger partial charge in [0.05, 0.1) is 0 Å². The molecule has 3 heteroatoms. The summed E-state index contributed by atoms with van der Waals surface area (Å²) in [6, 6.07) is 2.95. The quantitative estimate of drug-likeness (QED) is 0.725. The lowest BCUT2D eigenvalue weighted by molar-refractivity contribution is -0.107. The van der Waals surface area contributed by atoms with E-state index >= 15 is 0 Å². The van der Waals surface area contributed by atoms with Crippen molar-refractivity contribution in [3.8, 4) is 5.75 Å². The zero-order valence-electron chi connectivity index (χ0n) is 7.38. The maximum atomic E-state index is 13.3. The summed E-state index contributed by atoms with van der Waals surface area (Å²) in [5, 5.41) is 9.29. The predicted molar refractivity (Wildman–Crippen MR) is 47.2 cm³/mol. The van der Waals surface area contributed by atoms with Crippen LogP contribution >= 0.6 is 0 Å². The summed E-state index contributed by atoms with van der Waals surface area (Å²) in [7, 11) is 0. The molecule has 0 unspecified atom stereocenters. The Hall–Kier alpha value is -1.38. The molecular formula is C10H11FO2. The number of aldehydes is 1. The molecule has 0 radical (unpaired) electrons. The van der Waals surface area contributed by atoms with Crippen LogP contribution in [0.4, 0.5) is 4.39 Å². The van der Waals surface area contributed by atoms with Gasteiger partial charge in [0.2, 0.25) is 0 Å². The van der Waals surface area contributed by atoms with Crippen molar-refractivity contribution in [1.29, 1.82) is 0 Å². The van der Waals surface area contributed by atoms with Crippen LogP contribution in [0.2, 0.25) is 0 Å². The van der Waals surface area contributed by atoms with Crippen molar-refractivity contribution >= 4 is 6.29 Å². The van der Waals surface area contributed by atoms with E-state index in [1.54, 1.807) is 6.92 Å². The normalized spacial score (nSPS) is 10.0. The molecule has 1 aromatic rings. The monoisotopic (exact) mass is 182 g/mol. The largest absolute Gasteiger partial charge is 0.508 e. The summed E-state index contributed by atoms with van der Waals surface area (Å²) in [4.78, 5) is 10.1. The van der Waals surface area contributed by atoms with Crippen LogP contribution in [0, 0.1) is 12.7 Å². The van der Waals surface area contributed by atoms with E-state index in [2.05, 4.69) is 0 Å². The molecule has 2 nitrogen and oxygen atoms in total. The summed E-state index contributed by atoms with van der Waals surface area (Å²) in [6.45, 7) is 1.62. The number of aryl methyl sites for hydroxylation is 1. The van der Waals surface area contributed by atoms with Gasteiger partial charge >= 0.3 is 0 Å². The lowest BCUT2D eigenvalue weighted by atomic mass is 10.1. The minimum absolute atomic E-state index is 0.0787. The maximum Gasteiger partial charge on any atom is 0.133 e. The lowest BCUT2D eigenvalue weighted by Crippen LogP contribution is -1.95. The average Bonchev–Trinajstić information content (AvgIpc) is 2.12. The van der Waals surface area contributed by atoms with Crippen LogP contribution in [0.15, 0.2) is 12.1 Å². The first kappa shape index (κ1) is 9.71. The van der Waals surface area contributed by atoms with Gasteiger partial charge in [0, 0.05) is 12.0 Å². The van der Waals surface area contributed by atoms with Crippen LogP contribution in [0.5, 0.6) is 5.75 Å². The third-order valence-corrected chi connectivity index (χ3v) is 1.92. The summed E-state index contributed by atoms with van der Waals surface area (Å²) in [6.07, 6.45) is 1.19. The number of hydrogen-bond donors (Lipinski definition) is 1. The van der Waals surface area contributed by atoms with E-state index in [9.17, 15) is 14.3 Å². The Morgan fingerprint density at radius 3 is 2.85 bits per heavy atom. The Labute approximate surface area is 76.0 Å². The predicted octanol–water partition coefficient (Wildman–Crippen LogP) is 1.97. The molecule has 0 aliphatic heterocycles. The van der Waals surface area contributed by atoms with Gasteiger partial charge in [-0.2, -0.15) is 0 Å². The Bertz CT molecular complexity index is 321. The highest BCUT2D eigenvalue weighted by atomic mass is 19.1. The fraction of sp³-hybridized carbons (Fsp3) is 0.300. The Morgan fingerprint density at radius 1 is 1.54 bits per heavy atom. The van der Waals surface area contributed by atoms with Crippen molar-refractivity contribution in [1.82, 2.24) is 0 Å². The van der Waals surface area contributed by atoms with Gasteiger partial charge in [0.15, 0.2) is 0 Å². The molecule has 0 aromatic heterocycles. The van der Waals surface area contributed by atoms with Crippen LogP contribution in [0.25, 0.3) is 0 Å². The highest BCUT2D eigenvalue weighted by molar-refractivity contribution is 5.51. The molecule has 0 amide bonds. The number of halogens is 1. The molecule has 0 aliphatic carbocycles. The zero-order valence-corrected chi connectivity index (χ0v) is 7.38. The van der Waals surface area contributed by atoms with Gasteiger partial charge in [-0.25, -0.2) is 4.39 Å². The third-order valence-electron chi connectivity index (χ3n) is 1.92. The van der Waals surface area contributed by atoms with Gasteiger partial charge in [0.25, 0.3) is 0 Å². The Balaban J connectivity index is 3.02. The van der Waals surface area contributed by atoms with E-state index in [1.165, 1.54) is 12.1 Å². The van der Waals surface area contributed by atoms with Crippen LogP contribution in [0.3, 0.4) is 0 Å². The molecule has 0 atom stereocenters. The minimum Gasteiger partial charge on any atom is -0.508 e. The number of carbonyl (C=O) groups is 1. The van der Waals surface area contributed by atoms with E-state index in [0.717, 1.165) is 0 Å².